The minimum Gasteiger partial charge on any atom is -0.439 e. The minimum absolute atomic E-state index is 0.0982. The molecule has 1 amide bonds. The van der Waals surface area contributed by atoms with Crippen LogP contribution in [0.2, 0.25) is 0 Å². The Morgan fingerprint density at radius 3 is 2.08 bits per heavy atom. The molecule has 4 rings (SSSR count). The highest BCUT2D eigenvalue weighted by Crippen LogP contribution is 2.46. The third-order valence-electron chi connectivity index (χ3n) is 5.42. The number of hydrogen-bond donors (Lipinski definition) is 0. The average Bonchev–Trinajstić information content (AvgIpc) is 3.16. The molecular weight excluding hydrogens is 314 g/mol. The number of Topliss-reactive ketones (excluding diaryl/α,β-unsaturated/α-hetero) is 1. The van der Waals surface area contributed by atoms with Gasteiger partial charge in [0.05, 0.1) is 0 Å². The van der Waals surface area contributed by atoms with E-state index in [2.05, 4.69) is 0 Å². The fraction of sp³-hybridized carbons (Fsp3) is 0.333. The van der Waals surface area contributed by atoms with Crippen molar-refractivity contribution >= 4 is 11.9 Å². The lowest BCUT2D eigenvalue weighted by Gasteiger charge is -2.32. The zero-order chi connectivity index (χ0) is 17.4. The molecule has 2 aliphatic rings. The average molecular weight is 335 g/mol. The van der Waals surface area contributed by atoms with E-state index in [0.717, 1.165) is 11.1 Å². The molecule has 25 heavy (non-hydrogen) atoms. The van der Waals surface area contributed by atoms with Gasteiger partial charge in [-0.3, -0.25) is 9.69 Å². The van der Waals surface area contributed by atoms with Crippen LogP contribution in [0.1, 0.15) is 43.0 Å². The SMILES string of the molecule is C[C@H]1C(=O)CC[C@@H]1N1C(=O)O[C@H](c2ccccc2)[C@@H]1c1ccccc1. The number of ketones is 1. The number of ether oxygens (including phenoxy) is 1. The highest BCUT2D eigenvalue weighted by molar-refractivity contribution is 5.85. The Morgan fingerprint density at radius 1 is 0.920 bits per heavy atom. The molecule has 4 atom stereocenters. The normalized spacial score (nSPS) is 29.1. The summed E-state index contributed by atoms with van der Waals surface area (Å²) in [6, 6.07) is 19.5. The first-order valence-corrected chi connectivity index (χ1v) is 8.78. The van der Waals surface area contributed by atoms with Gasteiger partial charge in [0.1, 0.15) is 11.8 Å². The standard InChI is InChI=1S/C21H21NO3/c1-14-17(12-13-18(14)23)22-19(15-8-4-2-5-9-15)20(25-21(22)24)16-10-6-3-7-11-16/h2-11,14,17,19-20H,12-13H2,1H3/t14-,17+,19+,20-/m1/s1. The summed E-state index contributed by atoms with van der Waals surface area (Å²) in [5, 5.41) is 0. The summed E-state index contributed by atoms with van der Waals surface area (Å²) in [6.45, 7) is 1.92. The van der Waals surface area contributed by atoms with Crippen molar-refractivity contribution in [1.29, 1.82) is 0 Å². The summed E-state index contributed by atoms with van der Waals surface area (Å²) < 4.78 is 5.80. The van der Waals surface area contributed by atoms with Gasteiger partial charge in [0.15, 0.2) is 6.10 Å². The molecule has 0 radical (unpaired) electrons. The van der Waals surface area contributed by atoms with Crippen molar-refractivity contribution in [2.24, 2.45) is 5.92 Å². The maximum Gasteiger partial charge on any atom is 0.411 e. The van der Waals surface area contributed by atoms with Crippen molar-refractivity contribution in [2.45, 2.75) is 38.0 Å². The van der Waals surface area contributed by atoms with Crippen LogP contribution in [0, 0.1) is 5.92 Å². The molecule has 0 aromatic heterocycles. The van der Waals surface area contributed by atoms with E-state index in [1.807, 2.05) is 72.5 Å². The maximum atomic E-state index is 12.8. The smallest absolute Gasteiger partial charge is 0.411 e. The molecule has 1 aliphatic heterocycles. The zero-order valence-corrected chi connectivity index (χ0v) is 14.2. The second-order valence-corrected chi connectivity index (χ2v) is 6.84. The van der Waals surface area contributed by atoms with Crippen LogP contribution in [0.4, 0.5) is 4.79 Å². The number of nitrogens with zero attached hydrogens (tertiary/aromatic N) is 1. The van der Waals surface area contributed by atoms with Crippen molar-refractivity contribution in [2.75, 3.05) is 0 Å². The summed E-state index contributed by atoms with van der Waals surface area (Å²) in [5.74, 6) is 0.0843. The largest absolute Gasteiger partial charge is 0.439 e. The number of amides is 1. The lowest BCUT2D eigenvalue weighted by atomic mass is 9.93. The lowest BCUT2D eigenvalue weighted by Crippen LogP contribution is -2.40. The summed E-state index contributed by atoms with van der Waals surface area (Å²) in [7, 11) is 0. The summed E-state index contributed by atoms with van der Waals surface area (Å²) >= 11 is 0. The van der Waals surface area contributed by atoms with Gasteiger partial charge >= 0.3 is 6.09 Å². The Morgan fingerprint density at radius 2 is 1.52 bits per heavy atom. The number of carbonyl (C=O) groups excluding carboxylic acids is 2. The first-order valence-electron chi connectivity index (χ1n) is 8.78. The molecular formula is C21H21NO3. The van der Waals surface area contributed by atoms with E-state index in [0.29, 0.717) is 12.8 Å². The number of benzene rings is 2. The Kier molecular flexibility index (Phi) is 4.04. The van der Waals surface area contributed by atoms with Crippen molar-refractivity contribution in [3.8, 4) is 0 Å². The number of carbonyl (C=O) groups is 2. The monoisotopic (exact) mass is 335 g/mol. The molecule has 1 saturated carbocycles. The minimum atomic E-state index is -0.362. The van der Waals surface area contributed by atoms with E-state index in [1.165, 1.54) is 0 Å². The van der Waals surface area contributed by atoms with Gasteiger partial charge in [-0.1, -0.05) is 67.6 Å². The predicted octanol–water partition coefficient (Wildman–Crippen LogP) is 4.29. The van der Waals surface area contributed by atoms with Gasteiger partial charge < -0.3 is 4.74 Å². The fourth-order valence-electron chi connectivity index (χ4n) is 4.08. The van der Waals surface area contributed by atoms with Crippen LogP contribution in [0.3, 0.4) is 0 Å². The van der Waals surface area contributed by atoms with E-state index in [4.69, 9.17) is 4.74 Å². The van der Waals surface area contributed by atoms with E-state index in [1.54, 1.807) is 0 Å². The zero-order valence-electron chi connectivity index (χ0n) is 14.2. The summed E-state index contributed by atoms with van der Waals surface area (Å²) in [6.07, 6.45) is 0.556. The number of hydrogen-bond acceptors (Lipinski definition) is 3. The van der Waals surface area contributed by atoms with Gasteiger partial charge in [0, 0.05) is 18.4 Å². The van der Waals surface area contributed by atoms with Crippen molar-refractivity contribution < 1.29 is 14.3 Å². The Balaban J connectivity index is 1.77. The Hall–Kier alpha value is -2.62. The Bertz CT molecular complexity index is 774. The number of rotatable bonds is 3. The highest BCUT2D eigenvalue weighted by atomic mass is 16.6. The third-order valence-corrected chi connectivity index (χ3v) is 5.42. The van der Waals surface area contributed by atoms with Gasteiger partial charge in [-0.25, -0.2) is 4.79 Å². The van der Waals surface area contributed by atoms with Crippen LogP contribution in [0.25, 0.3) is 0 Å². The van der Waals surface area contributed by atoms with Crippen molar-refractivity contribution in [3.05, 3.63) is 71.8 Å². The van der Waals surface area contributed by atoms with Crippen LogP contribution >= 0.6 is 0 Å². The topological polar surface area (TPSA) is 46.6 Å². The van der Waals surface area contributed by atoms with E-state index in [-0.39, 0.29) is 36.0 Å². The van der Waals surface area contributed by atoms with Gasteiger partial charge in [-0.05, 0) is 17.5 Å². The molecule has 0 N–H and O–H groups in total. The molecule has 0 spiro atoms. The molecule has 4 heteroatoms. The number of cyclic esters (lactones) is 1. The molecule has 4 nitrogen and oxygen atoms in total. The predicted molar refractivity (Wildman–Crippen MR) is 93.9 cm³/mol. The summed E-state index contributed by atoms with van der Waals surface area (Å²) in [5.41, 5.74) is 2.01. The van der Waals surface area contributed by atoms with E-state index in [9.17, 15) is 9.59 Å². The van der Waals surface area contributed by atoms with Gasteiger partial charge in [-0.15, -0.1) is 0 Å². The lowest BCUT2D eigenvalue weighted by molar-refractivity contribution is -0.120. The molecule has 1 aliphatic carbocycles. The van der Waals surface area contributed by atoms with Crippen LogP contribution in [-0.2, 0) is 9.53 Å². The van der Waals surface area contributed by atoms with Crippen molar-refractivity contribution in [1.82, 2.24) is 4.90 Å². The van der Waals surface area contributed by atoms with Crippen LogP contribution < -0.4 is 0 Å². The molecule has 1 saturated heterocycles. The van der Waals surface area contributed by atoms with Gasteiger partial charge in [0.2, 0.25) is 0 Å². The van der Waals surface area contributed by atoms with Crippen LogP contribution in [0.15, 0.2) is 60.7 Å². The first-order chi connectivity index (χ1) is 12.2. The molecule has 2 fully saturated rings. The summed E-state index contributed by atoms with van der Waals surface area (Å²) in [4.78, 5) is 26.6. The maximum absolute atomic E-state index is 12.8. The molecule has 1 heterocycles. The van der Waals surface area contributed by atoms with Crippen molar-refractivity contribution in [3.63, 3.8) is 0 Å². The molecule has 0 unspecified atom stereocenters. The quantitative estimate of drug-likeness (QED) is 0.840. The van der Waals surface area contributed by atoms with Gasteiger partial charge in [0.25, 0.3) is 0 Å². The molecule has 128 valence electrons. The highest BCUT2D eigenvalue weighted by Gasteiger charge is 2.50. The second kappa shape index (κ2) is 6.36. The molecule has 0 bridgehead atoms. The third kappa shape index (κ3) is 2.72. The molecule has 2 aromatic rings. The molecule has 2 aromatic carbocycles. The Labute approximate surface area is 147 Å². The first kappa shape index (κ1) is 15.9. The van der Waals surface area contributed by atoms with Gasteiger partial charge in [-0.2, -0.15) is 0 Å². The van der Waals surface area contributed by atoms with E-state index >= 15 is 0 Å². The van der Waals surface area contributed by atoms with Crippen LogP contribution in [0.5, 0.6) is 0 Å². The van der Waals surface area contributed by atoms with E-state index < -0.39 is 0 Å². The second-order valence-electron chi connectivity index (χ2n) is 6.84. The fourth-order valence-corrected chi connectivity index (χ4v) is 4.08. The van der Waals surface area contributed by atoms with Crippen LogP contribution in [-0.4, -0.2) is 22.8 Å².